The SMILES string of the molecule is CCNCCNCc1ccc(C)c(C)c1. The van der Waals surface area contributed by atoms with Gasteiger partial charge >= 0.3 is 0 Å². The first kappa shape index (κ1) is 12.2. The lowest BCUT2D eigenvalue weighted by atomic mass is 10.1. The molecule has 0 spiro atoms. The van der Waals surface area contributed by atoms with Gasteiger partial charge in [-0.1, -0.05) is 25.1 Å². The molecule has 0 aliphatic heterocycles. The second kappa shape index (κ2) is 6.59. The average molecular weight is 206 g/mol. The van der Waals surface area contributed by atoms with Crippen molar-refractivity contribution in [2.24, 2.45) is 0 Å². The largest absolute Gasteiger partial charge is 0.316 e. The molecule has 0 unspecified atom stereocenters. The van der Waals surface area contributed by atoms with E-state index in [-0.39, 0.29) is 0 Å². The first-order valence-corrected chi connectivity index (χ1v) is 5.71. The van der Waals surface area contributed by atoms with Gasteiger partial charge in [0.1, 0.15) is 0 Å². The van der Waals surface area contributed by atoms with E-state index >= 15 is 0 Å². The lowest BCUT2D eigenvalue weighted by Gasteiger charge is -2.07. The molecule has 0 radical (unpaired) electrons. The molecule has 1 rings (SSSR count). The Morgan fingerprint density at radius 2 is 1.73 bits per heavy atom. The smallest absolute Gasteiger partial charge is 0.0206 e. The Morgan fingerprint density at radius 1 is 1.00 bits per heavy atom. The molecule has 1 aromatic rings. The summed E-state index contributed by atoms with van der Waals surface area (Å²) >= 11 is 0. The summed E-state index contributed by atoms with van der Waals surface area (Å²) in [6, 6.07) is 6.65. The van der Waals surface area contributed by atoms with Crippen molar-refractivity contribution in [1.82, 2.24) is 10.6 Å². The van der Waals surface area contributed by atoms with Gasteiger partial charge in [-0.25, -0.2) is 0 Å². The van der Waals surface area contributed by atoms with Gasteiger partial charge in [-0.3, -0.25) is 0 Å². The minimum atomic E-state index is 0.965. The maximum absolute atomic E-state index is 3.42. The van der Waals surface area contributed by atoms with Crippen molar-refractivity contribution in [2.75, 3.05) is 19.6 Å². The molecule has 0 saturated carbocycles. The molecule has 2 heteroatoms. The lowest BCUT2D eigenvalue weighted by molar-refractivity contribution is 0.625. The van der Waals surface area contributed by atoms with Crippen LogP contribution >= 0.6 is 0 Å². The fourth-order valence-electron chi connectivity index (χ4n) is 1.50. The van der Waals surface area contributed by atoms with Crippen molar-refractivity contribution in [3.63, 3.8) is 0 Å². The van der Waals surface area contributed by atoms with Gasteiger partial charge in [0.15, 0.2) is 0 Å². The van der Waals surface area contributed by atoms with E-state index in [4.69, 9.17) is 0 Å². The number of rotatable bonds is 6. The van der Waals surface area contributed by atoms with Crippen molar-refractivity contribution >= 4 is 0 Å². The van der Waals surface area contributed by atoms with Crippen molar-refractivity contribution in [3.05, 3.63) is 34.9 Å². The molecular weight excluding hydrogens is 184 g/mol. The molecule has 0 bridgehead atoms. The molecule has 0 heterocycles. The standard InChI is InChI=1S/C13H22N2/c1-4-14-7-8-15-10-13-6-5-11(2)12(3)9-13/h5-6,9,14-15H,4,7-8,10H2,1-3H3. The van der Waals surface area contributed by atoms with Gasteiger partial charge < -0.3 is 10.6 Å². The van der Waals surface area contributed by atoms with Crippen molar-refractivity contribution in [2.45, 2.75) is 27.3 Å². The fraction of sp³-hybridized carbons (Fsp3) is 0.538. The van der Waals surface area contributed by atoms with Crippen molar-refractivity contribution in [3.8, 4) is 0 Å². The Labute approximate surface area is 93.1 Å². The number of benzene rings is 1. The highest BCUT2D eigenvalue weighted by atomic mass is 14.9. The summed E-state index contributed by atoms with van der Waals surface area (Å²) < 4.78 is 0. The highest BCUT2D eigenvalue weighted by molar-refractivity contribution is 5.29. The maximum Gasteiger partial charge on any atom is 0.0206 e. The Hall–Kier alpha value is -0.860. The molecule has 0 saturated heterocycles. The summed E-state index contributed by atoms with van der Waals surface area (Å²) in [6.07, 6.45) is 0. The van der Waals surface area contributed by atoms with E-state index in [0.717, 1.165) is 26.2 Å². The third kappa shape index (κ3) is 4.45. The lowest BCUT2D eigenvalue weighted by Crippen LogP contribution is -2.26. The quantitative estimate of drug-likeness (QED) is 0.696. The maximum atomic E-state index is 3.42. The van der Waals surface area contributed by atoms with Crippen molar-refractivity contribution in [1.29, 1.82) is 0 Å². The minimum absolute atomic E-state index is 0.965. The number of aryl methyl sites for hydroxylation is 2. The number of hydrogen-bond donors (Lipinski definition) is 2. The van der Waals surface area contributed by atoms with E-state index in [0.29, 0.717) is 0 Å². The van der Waals surface area contributed by atoms with Gasteiger partial charge in [-0.2, -0.15) is 0 Å². The van der Waals surface area contributed by atoms with Crippen LogP contribution in [0.2, 0.25) is 0 Å². The van der Waals surface area contributed by atoms with Crippen LogP contribution in [0.3, 0.4) is 0 Å². The van der Waals surface area contributed by atoms with Crippen LogP contribution in [0.15, 0.2) is 18.2 Å². The Morgan fingerprint density at radius 3 is 2.40 bits per heavy atom. The van der Waals surface area contributed by atoms with Crippen LogP contribution in [0.1, 0.15) is 23.6 Å². The molecular formula is C13H22N2. The predicted molar refractivity (Wildman–Crippen MR) is 66.2 cm³/mol. The van der Waals surface area contributed by atoms with E-state index in [1.54, 1.807) is 0 Å². The Bertz CT molecular complexity index is 295. The van der Waals surface area contributed by atoms with Gasteiger partial charge in [0.25, 0.3) is 0 Å². The number of likely N-dealkylation sites (N-methyl/N-ethyl adjacent to an activating group) is 1. The van der Waals surface area contributed by atoms with Crippen LogP contribution in [-0.4, -0.2) is 19.6 Å². The first-order valence-electron chi connectivity index (χ1n) is 5.71. The molecule has 0 aliphatic carbocycles. The van der Waals surface area contributed by atoms with Crippen LogP contribution < -0.4 is 10.6 Å². The fourth-order valence-corrected chi connectivity index (χ4v) is 1.50. The van der Waals surface area contributed by atoms with E-state index in [1.807, 2.05) is 0 Å². The van der Waals surface area contributed by atoms with Crippen molar-refractivity contribution < 1.29 is 0 Å². The van der Waals surface area contributed by atoms with E-state index < -0.39 is 0 Å². The zero-order chi connectivity index (χ0) is 11.1. The highest BCUT2D eigenvalue weighted by Crippen LogP contribution is 2.09. The van der Waals surface area contributed by atoms with Crippen LogP contribution in [0.5, 0.6) is 0 Å². The second-order valence-electron chi connectivity index (χ2n) is 3.95. The van der Waals surface area contributed by atoms with E-state index in [9.17, 15) is 0 Å². The zero-order valence-corrected chi connectivity index (χ0v) is 10.1. The normalized spacial score (nSPS) is 10.6. The third-order valence-corrected chi connectivity index (χ3v) is 2.63. The molecule has 84 valence electrons. The molecule has 0 aromatic heterocycles. The summed E-state index contributed by atoms with van der Waals surface area (Å²) in [4.78, 5) is 0. The van der Waals surface area contributed by atoms with Gasteiger partial charge in [0.2, 0.25) is 0 Å². The average Bonchev–Trinajstić information content (AvgIpc) is 2.23. The number of hydrogen-bond acceptors (Lipinski definition) is 2. The molecule has 0 amide bonds. The molecule has 0 fully saturated rings. The van der Waals surface area contributed by atoms with Crippen LogP contribution in [0, 0.1) is 13.8 Å². The van der Waals surface area contributed by atoms with Crippen LogP contribution in [0.25, 0.3) is 0 Å². The zero-order valence-electron chi connectivity index (χ0n) is 10.1. The third-order valence-electron chi connectivity index (χ3n) is 2.63. The summed E-state index contributed by atoms with van der Waals surface area (Å²) in [5.74, 6) is 0. The van der Waals surface area contributed by atoms with Gasteiger partial charge in [-0.15, -0.1) is 0 Å². The molecule has 2 N–H and O–H groups in total. The van der Waals surface area contributed by atoms with E-state index in [2.05, 4.69) is 49.6 Å². The molecule has 15 heavy (non-hydrogen) atoms. The van der Waals surface area contributed by atoms with E-state index in [1.165, 1.54) is 16.7 Å². The van der Waals surface area contributed by atoms with Gasteiger partial charge in [0.05, 0.1) is 0 Å². The van der Waals surface area contributed by atoms with Crippen LogP contribution in [0.4, 0.5) is 0 Å². The molecule has 2 nitrogen and oxygen atoms in total. The number of nitrogens with one attached hydrogen (secondary N) is 2. The minimum Gasteiger partial charge on any atom is -0.316 e. The second-order valence-corrected chi connectivity index (χ2v) is 3.95. The molecule has 0 atom stereocenters. The summed E-state index contributed by atoms with van der Waals surface area (Å²) in [6.45, 7) is 10.5. The Balaban J connectivity index is 2.28. The first-order chi connectivity index (χ1) is 7.24. The molecule has 1 aromatic carbocycles. The summed E-state index contributed by atoms with van der Waals surface area (Å²) in [7, 11) is 0. The molecule has 0 aliphatic rings. The topological polar surface area (TPSA) is 24.1 Å². The summed E-state index contributed by atoms with van der Waals surface area (Å²) in [5, 5.41) is 6.71. The monoisotopic (exact) mass is 206 g/mol. The highest BCUT2D eigenvalue weighted by Gasteiger charge is 1.95. The predicted octanol–water partition coefficient (Wildman–Crippen LogP) is 2.00. The Kier molecular flexibility index (Phi) is 5.37. The van der Waals surface area contributed by atoms with Gasteiger partial charge in [-0.05, 0) is 37.1 Å². The van der Waals surface area contributed by atoms with Gasteiger partial charge in [0, 0.05) is 19.6 Å². The summed E-state index contributed by atoms with van der Waals surface area (Å²) in [5.41, 5.74) is 4.11. The van der Waals surface area contributed by atoms with Crippen LogP contribution in [-0.2, 0) is 6.54 Å².